The van der Waals surface area contributed by atoms with Crippen LogP contribution in [0.15, 0.2) is 0 Å². The van der Waals surface area contributed by atoms with Crippen LogP contribution >= 0.6 is 0 Å². The second-order valence-electron chi connectivity index (χ2n) is 5.12. The molecule has 1 rings (SSSR count). The molecule has 0 saturated heterocycles. The summed E-state index contributed by atoms with van der Waals surface area (Å²) in [5.41, 5.74) is 0. The van der Waals surface area contributed by atoms with Crippen LogP contribution in [0.25, 0.3) is 0 Å². The lowest BCUT2D eigenvalue weighted by molar-refractivity contribution is -0.130. The topological polar surface area (TPSA) is 32.3 Å². The van der Waals surface area contributed by atoms with Crippen LogP contribution in [0, 0.1) is 11.8 Å². The van der Waals surface area contributed by atoms with Crippen LogP contribution in [0.4, 0.5) is 0 Å². The van der Waals surface area contributed by atoms with E-state index < -0.39 is 0 Å². The van der Waals surface area contributed by atoms with Crippen molar-refractivity contribution in [3.05, 3.63) is 0 Å². The number of hydrogen-bond donors (Lipinski definition) is 1. The zero-order valence-corrected chi connectivity index (χ0v) is 11.1. The number of nitrogens with zero attached hydrogens (tertiary/aromatic N) is 1. The summed E-state index contributed by atoms with van der Waals surface area (Å²) in [5, 5.41) is 3.36. The SMILES string of the molecule is CCN(CC)C(=O)CNC1CC(C(C)C)C1. The van der Waals surface area contributed by atoms with Crippen LogP contribution in [-0.4, -0.2) is 36.5 Å². The molecule has 0 unspecified atom stereocenters. The van der Waals surface area contributed by atoms with E-state index in [9.17, 15) is 4.79 Å². The highest BCUT2D eigenvalue weighted by Crippen LogP contribution is 2.33. The van der Waals surface area contributed by atoms with E-state index in [1.54, 1.807) is 0 Å². The monoisotopic (exact) mass is 226 g/mol. The molecule has 0 aromatic rings. The summed E-state index contributed by atoms with van der Waals surface area (Å²) in [6.07, 6.45) is 2.48. The largest absolute Gasteiger partial charge is 0.342 e. The van der Waals surface area contributed by atoms with E-state index in [1.165, 1.54) is 12.8 Å². The molecule has 1 aliphatic rings. The van der Waals surface area contributed by atoms with Crippen molar-refractivity contribution in [2.24, 2.45) is 11.8 Å². The molecule has 1 amide bonds. The molecule has 16 heavy (non-hydrogen) atoms. The summed E-state index contributed by atoms with van der Waals surface area (Å²) in [6, 6.07) is 0.576. The maximum Gasteiger partial charge on any atom is 0.236 e. The maximum atomic E-state index is 11.7. The van der Waals surface area contributed by atoms with E-state index in [1.807, 2.05) is 18.7 Å². The Bertz CT molecular complexity index is 218. The normalized spacial score (nSPS) is 24.3. The van der Waals surface area contributed by atoms with Gasteiger partial charge in [0, 0.05) is 19.1 Å². The fourth-order valence-electron chi connectivity index (χ4n) is 2.29. The van der Waals surface area contributed by atoms with Crippen molar-refractivity contribution >= 4 is 5.91 Å². The van der Waals surface area contributed by atoms with Gasteiger partial charge in [0.1, 0.15) is 0 Å². The van der Waals surface area contributed by atoms with Crippen molar-refractivity contribution in [1.29, 1.82) is 0 Å². The molecule has 0 atom stereocenters. The van der Waals surface area contributed by atoms with Crippen LogP contribution in [0.5, 0.6) is 0 Å². The third-order valence-corrected chi connectivity index (χ3v) is 3.78. The predicted molar refractivity (Wildman–Crippen MR) is 67.3 cm³/mol. The molecule has 1 N–H and O–H groups in total. The Hall–Kier alpha value is -0.570. The van der Waals surface area contributed by atoms with E-state index >= 15 is 0 Å². The van der Waals surface area contributed by atoms with E-state index in [4.69, 9.17) is 0 Å². The average molecular weight is 226 g/mol. The lowest BCUT2D eigenvalue weighted by Crippen LogP contribution is -2.47. The first kappa shape index (κ1) is 13.5. The Morgan fingerprint density at radius 2 is 1.88 bits per heavy atom. The molecule has 0 heterocycles. The lowest BCUT2D eigenvalue weighted by atomic mass is 9.74. The van der Waals surface area contributed by atoms with E-state index in [-0.39, 0.29) is 5.91 Å². The molecule has 0 bridgehead atoms. The highest BCUT2D eigenvalue weighted by atomic mass is 16.2. The number of nitrogens with one attached hydrogen (secondary N) is 1. The van der Waals surface area contributed by atoms with E-state index in [2.05, 4.69) is 19.2 Å². The standard InChI is InChI=1S/C13H26N2O/c1-5-15(6-2)13(16)9-14-12-7-11(8-12)10(3)4/h10-12,14H,5-9H2,1-4H3. The molecule has 1 saturated carbocycles. The van der Waals surface area contributed by atoms with Crippen molar-refractivity contribution < 1.29 is 4.79 Å². The Morgan fingerprint density at radius 1 is 1.31 bits per heavy atom. The van der Waals surface area contributed by atoms with Gasteiger partial charge in [-0.05, 0) is 38.5 Å². The summed E-state index contributed by atoms with van der Waals surface area (Å²) < 4.78 is 0. The molecule has 3 nitrogen and oxygen atoms in total. The molecule has 94 valence electrons. The minimum Gasteiger partial charge on any atom is -0.342 e. The van der Waals surface area contributed by atoms with Gasteiger partial charge in [-0.25, -0.2) is 0 Å². The smallest absolute Gasteiger partial charge is 0.236 e. The van der Waals surface area contributed by atoms with Gasteiger partial charge in [0.2, 0.25) is 5.91 Å². The highest BCUT2D eigenvalue weighted by molar-refractivity contribution is 5.78. The number of likely N-dealkylation sites (N-methyl/N-ethyl adjacent to an activating group) is 1. The second-order valence-corrected chi connectivity index (χ2v) is 5.12. The van der Waals surface area contributed by atoms with Gasteiger partial charge in [0.05, 0.1) is 6.54 Å². The third-order valence-electron chi connectivity index (χ3n) is 3.78. The molecule has 0 aliphatic heterocycles. The summed E-state index contributed by atoms with van der Waals surface area (Å²) >= 11 is 0. The average Bonchev–Trinajstić information content (AvgIpc) is 2.16. The lowest BCUT2D eigenvalue weighted by Gasteiger charge is -2.38. The molecule has 1 aliphatic carbocycles. The molecule has 3 heteroatoms. The van der Waals surface area contributed by atoms with Crippen LogP contribution < -0.4 is 5.32 Å². The number of carbonyl (C=O) groups excluding carboxylic acids is 1. The number of carbonyl (C=O) groups is 1. The van der Waals surface area contributed by atoms with Gasteiger partial charge in [-0.15, -0.1) is 0 Å². The van der Waals surface area contributed by atoms with Crippen molar-refractivity contribution in [1.82, 2.24) is 10.2 Å². The van der Waals surface area contributed by atoms with Crippen molar-refractivity contribution in [2.45, 2.75) is 46.6 Å². The van der Waals surface area contributed by atoms with Crippen LogP contribution in [0.2, 0.25) is 0 Å². The van der Waals surface area contributed by atoms with Gasteiger partial charge in [-0.2, -0.15) is 0 Å². The summed E-state index contributed by atoms with van der Waals surface area (Å²) in [6.45, 7) is 10.8. The Kier molecular flexibility index (Phi) is 5.26. The van der Waals surface area contributed by atoms with Gasteiger partial charge >= 0.3 is 0 Å². The van der Waals surface area contributed by atoms with Crippen LogP contribution in [0.3, 0.4) is 0 Å². The molecule has 0 aromatic carbocycles. The minimum atomic E-state index is 0.234. The molecule has 0 aromatic heterocycles. The van der Waals surface area contributed by atoms with Crippen LogP contribution in [0.1, 0.15) is 40.5 Å². The number of amides is 1. The van der Waals surface area contributed by atoms with E-state index in [0.29, 0.717) is 12.6 Å². The zero-order valence-electron chi connectivity index (χ0n) is 11.1. The third kappa shape index (κ3) is 3.48. The van der Waals surface area contributed by atoms with Crippen molar-refractivity contribution in [3.63, 3.8) is 0 Å². The van der Waals surface area contributed by atoms with Gasteiger partial charge in [-0.3, -0.25) is 4.79 Å². The first-order valence-corrected chi connectivity index (χ1v) is 6.59. The quantitative estimate of drug-likeness (QED) is 0.750. The molecule has 0 spiro atoms. The minimum absolute atomic E-state index is 0.234. The molecule has 1 fully saturated rings. The summed E-state index contributed by atoms with van der Waals surface area (Å²) in [7, 11) is 0. The first-order valence-electron chi connectivity index (χ1n) is 6.59. The summed E-state index contributed by atoms with van der Waals surface area (Å²) in [4.78, 5) is 13.6. The Balaban J connectivity index is 2.15. The van der Waals surface area contributed by atoms with E-state index in [0.717, 1.165) is 24.9 Å². The fourth-order valence-corrected chi connectivity index (χ4v) is 2.29. The predicted octanol–water partition coefficient (Wildman–Crippen LogP) is 1.88. The summed E-state index contributed by atoms with van der Waals surface area (Å²) in [5.74, 6) is 1.88. The molecular weight excluding hydrogens is 200 g/mol. The van der Waals surface area contributed by atoms with Gasteiger partial charge in [0.15, 0.2) is 0 Å². The maximum absolute atomic E-state index is 11.7. The number of hydrogen-bond acceptors (Lipinski definition) is 2. The van der Waals surface area contributed by atoms with Gasteiger partial charge in [0.25, 0.3) is 0 Å². The highest BCUT2D eigenvalue weighted by Gasteiger charge is 2.31. The first-order chi connectivity index (χ1) is 7.58. The zero-order chi connectivity index (χ0) is 12.1. The molecular formula is C13H26N2O. The van der Waals surface area contributed by atoms with Crippen LogP contribution in [-0.2, 0) is 4.79 Å². The molecule has 0 radical (unpaired) electrons. The van der Waals surface area contributed by atoms with Crippen molar-refractivity contribution in [2.75, 3.05) is 19.6 Å². The Morgan fingerprint density at radius 3 is 2.31 bits per heavy atom. The number of rotatable bonds is 6. The van der Waals surface area contributed by atoms with Crippen molar-refractivity contribution in [3.8, 4) is 0 Å². The van der Waals surface area contributed by atoms with Gasteiger partial charge in [-0.1, -0.05) is 13.8 Å². The Labute approximate surface area is 99.6 Å². The second kappa shape index (κ2) is 6.24. The van der Waals surface area contributed by atoms with Gasteiger partial charge < -0.3 is 10.2 Å². The fraction of sp³-hybridized carbons (Fsp3) is 0.923.